The summed E-state index contributed by atoms with van der Waals surface area (Å²) in [6.45, 7) is 5.85. The third-order valence-electron chi connectivity index (χ3n) is 10.9. The molecule has 0 atom stereocenters. The monoisotopic (exact) mass is 631 g/mol. The van der Waals surface area contributed by atoms with E-state index in [1.54, 1.807) is 6.08 Å². The fourth-order valence-electron chi connectivity index (χ4n) is 8.78. The van der Waals surface area contributed by atoms with E-state index >= 15 is 0 Å². The molecule has 3 aliphatic rings. The molecule has 0 amide bonds. The van der Waals surface area contributed by atoms with Gasteiger partial charge in [-0.25, -0.2) is 0 Å². The minimum Gasteiger partial charge on any atom is -0.316 e. The molecule has 1 aliphatic heterocycles. The number of allylic oxidation sites excluding steroid dienone is 8. The molecule has 2 aliphatic carbocycles. The second-order valence-electron chi connectivity index (χ2n) is 13.5. The van der Waals surface area contributed by atoms with Crippen LogP contribution in [-0.4, -0.2) is 10.8 Å². The molecule has 0 N–H and O–H groups in total. The summed E-state index contributed by atoms with van der Waals surface area (Å²) >= 11 is 0. The Kier molecular flexibility index (Phi) is 7.05. The number of para-hydroxylation sites is 1. The summed E-state index contributed by atoms with van der Waals surface area (Å²) in [6.07, 6.45) is 25.7. The SMILES string of the molecule is C=C/C=C\C=C/n1c2ccccc2c2cc(-c3ccc4c(c3)-c3cc5c(cc3[N+]4=C/C=C\C=C/C)C3(CCCC3)c3ccccc3-5)ccc21. The Morgan fingerprint density at radius 2 is 1.37 bits per heavy atom. The number of rotatable bonds is 6. The van der Waals surface area contributed by atoms with E-state index in [9.17, 15) is 0 Å². The average molecular weight is 632 g/mol. The van der Waals surface area contributed by atoms with E-state index in [-0.39, 0.29) is 5.41 Å². The molecule has 2 heterocycles. The molecule has 1 spiro atoms. The van der Waals surface area contributed by atoms with E-state index in [2.05, 4.69) is 163 Å². The fraction of sp³-hybridized carbons (Fsp3) is 0.128. The highest BCUT2D eigenvalue weighted by Gasteiger charge is 2.47. The summed E-state index contributed by atoms with van der Waals surface area (Å²) in [5.74, 6) is 0. The zero-order valence-corrected chi connectivity index (χ0v) is 27.9. The van der Waals surface area contributed by atoms with E-state index in [0.29, 0.717) is 0 Å². The van der Waals surface area contributed by atoms with Crippen LogP contribution in [0.3, 0.4) is 0 Å². The summed E-state index contributed by atoms with van der Waals surface area (Å²) in [5, 5.41) is 2.51. The van der Waals surface area contributed by atoms with Crippen LogP contribution in [0, 0.1) is 0 Å². The summed E-state index contributed by atoms with van der Waals surface area (Å²) in [5.41, 5.74) is 16.0. The summed E-state index contributed by atoms with van der Waals surface area (Å²) < 4.78 is 4.69. The minimum absolute atomic E-state index is 0.138. The first-order valence-electron chi connectivity index (χ1n) is 17.6. The molecule has 1 aromatic heterocycles. The number of benzene rings is 5. The highest BCUT2D eigenvalue weighted by Crippen LogP contribution is 2.60. The van der Waals surface area contributed by atoms with Gasteiger partial charge in [-0.05, 0) is 95.6 Å². The van der Waals surface area contributed by atoms with Crippen LogP contribution >= 0.6 is 0 Å². The van der Waals surface area contributed by atoms with Gasteiger partial charge in [-0.1, -0.05) is 104 Å². The minimum atomic E-state index is 0.138. The van der Waals surface area contributed by atoms with Gasteiger partial charge in [0.1, 0.15) is 0 Å². The quantitative estimate of drug-likeness (QED) is 0.127. The van der Waals surface area contributed by atoms with Crippen molar-refractivity contribution in [3.63, 3.8) is 0 Å². The van der Waals surface area contributed by atoms with Gasteiger partial charge in [0.2, 0.25) is 11.4 Å². The standard InChI is InChI=1S/C47H39N2/c1-3-5-7-15-27-48-43-20-12-10-18-36(43)38-29-33(21-23-44(38)48)34-22-24-45-39(30-34)40-31-37-35-17-9-11-19-41(35)47(25-13-14-26-47)42(37)32-46(40)49(45)28-16-8-6-4-2/h3-12,15-24,27-32H,1,13-14,25-26H2,2H3/q+1/b6-4-,7-5-,16-8-,27-15-,49-28?. The Bertz CT molecular complexity index is 2470. The summed E-state index contributed by atoms with van der Waals surface area (Å²) in [7, 11) is 0. The van der Waals surface area contributed by atoms with Gasteiger partial charge in [-0.15, -0.1) is 0 Å². The first-order chi connectivity index (χ1) is 24.2. The van der Waals surface area contributed by atoms with Crippen LogP contribution in [0.5, 0.6) is 0 Å². The third-order valence-corrected chi connectivity index (χ3v) is 10.9. The molecule has 5 aromatic carbocycles. The number of fused-ring (bicyclic) bond motifs is 11. The maximum Gasteiger partial charge on any atom is 0.219 e. The Morgan fingerprint density at radius 3 is 2.24 bits per heavy atom. The molecule has 2 nitrogen and oxygen atoms in total. The molecule has 0 radical (unpaired) electrons. The van der Waals surface area contributed by atoms with Gasteiger partial charge in [0.15, 0.2) is 6.21 Å². The van der Waals surface area contributed by atoms with Gasteiger partial charge in [-0.3, -0.25) is 0 Å². The molecule has 0 bridgehead atoms. The molecule has 9 rings (SSSR count). The fourth-order valence-corrected chi connectivity index (χ4v) is 8.78. The second kappa shape index (κ2) is 11.8. The zero-order valence-electron chi connectivity index (χ0n) is 27.9. The van der Waals surface area contributed by atoms with Crippen LogP contribution in [0.2, 0.25) is 0 Å². The van der Waals surface area contributed by atoms with Gasteiger partial charge in [0.25, 0.3) is 0 Å². The van der Waals surface area contributed by atoms with Gasteiger partial charge in [-0.2, -0.15) is 4.58 Å². The molecule has 2 heteroatoms. The molecule has 49 heavy (non-hydrogen) atoms. The van der Waals surface area contributed by atoms with Crippen LogP contribution in [0.25, 0.3) is 61.4 Å². The van der Waals surface area contributed by atoms with Crippen molar-refractivity contribution in [2.45, 2.75) is 38.0 Å². The van der Waals surface area contributed by atoms with Crippen LogP contribution < -0.4 is 4.58 Å². The second-order valence-corrected chi connectivity index (χ2v) is 13.5. The van der Waals surface area contributed by atoms with Crippen molar-refractivity contribution in [1.29, 1.82) is 0 Å². The van der Waals surface area contributed by atoms with Crippen molar-refractivity contribution < 1.29 is 0 Å². The van der Waals surface area contributed by atoms with Crippen LogP contribution in [0.4, 0.5) is 11.4 Å². The lowest BCUT2D eigenvalue weighted by molar-refractivity contribution is 0.550. The van der Waals surface area contributed by atoms with Crippen LogP contribution in [0.1, 0.15) is 43.7 Å². The van der Waals surface area contributed by atoms with Crippen molar-refractivity contribution in [2.24, 2.45) is 0 Å². The lowest BCUT2D eigenvalue weighted by Crippen LogP contribution is -2.20. The maximum atomic E-state index is 3.79. The molecule has 6 aromatic rings. The molecular formula is C47H39N2+. The predicted molar refractivity (Wildman–Crippen MR) is 211 cm³/mol. The smallest absolute Gasteiger partial charge is 0.219 e. The summed E-state index contributed by atoms with van der Waals surface area (Å²) in [6, 6.07) is 36.8. The van der Waals surface area contributed by atoms with E-state index in [4.69, 9.17) is 0 Å². The van der Waals surface area contributed by atoms with Gasteiger partial charge < -0.3 is 4.57 Å². The molecule has 0 unspecified atom stereocenters. The van der Waals surface area contributed by atoms with E-state index in [1.165, 1.54) is 103 Å². The Hall–Kier alpha value is -5.73. The van der Waals surface area contributed by atoms with Crippen molar-refractivity contribution >= 4 is 45.6 Å². The maximum absolute atomic E-state index is 3.79. The van der Waals surface area contributed by atoms with Crippen LogP contribution in [-0.2, 0) is 5.41 Å². The molecule has 1 fully saturated rings. The lowest BCUT2D eigenvalue weighted by atomic mass is 9.76. The molecule has 1 saturated carbocycles. The van der Waals surface area contributed by atoms with Crippen LogP contribution in [0.15, 0.2) is 152 Å². The van der Waals surface area contributed by atoms with E-state index in [0.717, 1.165) is 0 Å². The average Bonchev–Trinajstić information content (AvgIpc) is 3.90. The Balaban J connectivity index is 1.22. The van der Waals surface area contributed by atoms with Crippen molar-refractivity contribution in [3.05, 3.63) is 163 Å². The van der Waals surface area contributed by atoms with E-state index in [1.807, 2.05) is 12.2 Å². The first kappa shape index (κ1) is 29.4. The normalized spacial score (nSPS) is 16.7. The first-order valence-corrected chi connectivity index (χ1v) is 17.6. The largest absolute Gasteiger partial charge is 0.316 e. The molecular weight excluding hydrogens is 593 g/mol. The predicted octanol–water partition coefficient (Wildman–Crippen LogP) is 12.5. The zero-order chi connectivity index (χ0) is 33.0. The third kappa shape index (κ3) is 4.51. The van der Waals surface area contributed by atoms with Gasteiger partial charge in [0, 0.05) is 40.6 Å². The van der Waals surface area contributed by atoms with Crippen molar-refractivity contribution in [2.75, 3.05) is 0 Å². The lowest BCUT2D eigenvalue weighted by Gasteiger charge is -2.26. The van der Waals surface area contributed by atoms with Crippen molar-refractivity contribution in [3.8, 4) is 33.4 Å². The summed E-state index contributed by atoms with van der Waals surface area (Å²) in [4.78, 5) is 0. The highest BCUT2D eigenvalue weighted by atomic mass is 15.0. The van der Waals surface area contributed by atoms with Gasteiger partial charge in [0.05, 0.1) is 22.2 Å². The number of hydrogen-bond donors (Lipinski definition) is 0. The van der Waals surface area contributed by atoms with Crippen molar-refractivity contribution in [1.82, 2.24) is 9.14 Å². The Labute approximate surface area is 288 Å². The number of nitrogens with zero attached hydrogens (tertiary/aromatic N) is 2. The van der Waals surface area contributed by atoms with Gasteiger partial charge >= 0.3 is 0 Å². The molecule has 0 saturated heterocycles. The van der Waals surface area contributed by atoms with E-state index < -0.39 is 0 Å². The highest BCUT2D eigenvalue weighted by molar-refractivity contribution is 6.11. The number of aromatic nitrogens is 1. The molecule has 236 valence electrons. The topological polar surface area (TPSA) is 7.94 Å². The number of hydrogen-bond acceptors (Lipinski definition) is 0. The Morgan fingerprint density at radius 1 is 0.612 bits per heavy atom.